The molecule has 0 unspecified atom stereocenters. The van der Waals surface area contributed by atoms with Crippen LogP contribution >= 0.6 is 23.2 Å². The summed E-state index contributed by atoms with van der Waals surface area (Å²) in [6.45, 7) is 2.52. The molecular weight excluding hydrogens is 375 g/mol. The number of benzene rings is 2. The second kappa shape index (κ2) is 7.56. The summed E-state index contributed by atoms with van der Waals surface area (Å²) in [4.78, 5) is 28.9. The molecule has 0 N–H and O–H groups in total. The highest BCUT2D eigenvalue weighted by Gasteiger charge is 2.36. The molecule has 0 radical (unpaired) electrons. The average molecular weight is 393 g/mol. The van der Waals surface area contributed by atoms with E-state index >= 15 is 0 Å². The number of hydrogen-bond donors (Lipinski definition) is 0. The number of carbonyl (C=O) groups excluding carboxylic acids is 2. The van der Waals surface area contributed by atoms with E-state index < -0.39 is 6.04 Å². The first-order valence-electron chi connectivity index (χ1n) is 8.14. The van der Waals surface area contributed by atoms with E-state index in [0.717, 1.165) is 5.69 Å². The molecule has 1 atom stereocenters. The predicted octanol–water partition coefficient (Wildman–Crippen LogP) is 3.88. The minimum atomic E-state index is -0.603. The fourth-order valence-electron chi connectivity index (χ4n) is 3.00. The van der Waals surface area contributed by atoms with Crippen LogP contribution in [0.3, 0.4) is 0 Å². The Morgan fingerprint density at radius 3 is 2.62 bits per heavy atom. The molecule has 1 fully saturated rings. The summed E-state index contributed by atoms with van der Waals surface area (Å²) in [6, 6.07) is 11.4. The van der Waals surface area contributed by atoms with Gasteiger partial charge < -0.3 is 14.5 Å². The predicted molar refractivity (Wildman–Crippen MR) is 102 cm³/mol. The lowest BCUT2D eigenvalue weighted by atomic mass is 10.1. The third-order valence-corrected chi connectivity index (χ3v) is 4.99. The van der Waals surface area contributed by atoms with Crippen LogP contribution in [-0.2, 0) is 4.79 Å². The van der Waals surface area contributed by atoms with Crippen LogP contribution < -0.4 is 9.64 Å². The van der Waals surface area contributed by atoms with Crippen molar-refractivity contribution in [2.24, 2.45) is 0 Å². The van der Waals surface area contributed by atoms with Gasteiger partial charge in [-0.25, -0.2) is 0 Å². The van der Waals surface area contributed by atoms with Crippen LogP contribution in [0.5, 0.6) is 5.75 Å². The number of piperazine rings is 1. The van der Waals surface area contributed by atoms with E-state index in [4.69, 9.17) is 27.9 Å². The first kappa shape index (κ1) is 18.5. The smallest absolute Gasteiger partial charge is 0.256 e. The molecule has 5 nitrogen and oxygen atoms in total. The number of ether oxygens (including phenoxy) is 1. The van der Waals surface area contributed by atoms with Gasteiger partial charge in [0.2, 0.25) is 5.91 Å². The number of carbonyl (C=O) groups is 2. The van der Waals surface area contributed by atoms with Crippen LogP contribution in [0.4, 0.5) is 5.69 Å². The molecule has 2 aromatic rings. The van der Waals surface area contributed by atoms with Crippen molar-refractivity contribution in [2.45, 2.75) is 13.0 Å². The quantitative estimate of drug-likeness (QED) is 0.796. The van der Waals surface area contributed by atoms with E-state index in [1.807, 2.05) is 18.2 Å². The molecule has 0 aromatic heterocycles. The molecule has 0 bridgehead atoms. The van der Waals surface area contributed by atoms with Gasteiger partial charge in [-0.3, -0.25) is 9.59 Å². The second-order valence-electron chi connectivity index (χ2n) is 5.99. The molecular formula is C19H18Cl2N2O3. The van der Waals surface area contributed by atoms with Gasteiger partial charge in [-0.05, 0) is 37.3 Å². The van der Waals surface area contributed by atoms with E-state index in [1.54, 1.807) is 37.1 Å². The van der Waals surface area contributed by atoms with Gasteiger partial charge in [-0.15, -0.1) is 0 Å². The Morgan fingerprint density at radius 1 is 1.15 bits per heavy atom. The highest BCUT2D eigenvalue weighted by atomic mass is 35.5. The highest BCUT2D eigenvalue weighted by Crippen LogP contribution is 2.27. The van der Waals surface area contributed by atoms with Gasteiger partial charge in [0.05, 0.1) is 17.7 Å². The maximum absolute atomic E-state index is 12.8. The van der Waals surface area contributed by atoms with E-state index in [2.05, 4.69) is 0 Å². The maximum Gasteiger partial charge on any atom is 0.256 e. The largest absolute Gasteiger partial charge is 0.497 e. The van der Waals surface area contributed by atoms with Crippen LogP contribution in [0.25, 0.3) is 0 Å². The number of hydrogen-bond acceptors (Lipinski definition) is 3. The third-order valence-electron chi connectivity index (χ3n) is 4.44. The van der Waals surface area contributed by atoms with Gasteiger partial charge in [0.1, 0.15) is 11.8 Å². The first-order chi connectivity index (χ1) is 12.4. The normalized spacial score (nSPS) is 17.4. The molecule has 2 aromatic carbocycles. The zero-order chi connectivity index (χ0) is 18.8. The summed E-state index contributed by atoms with van der Waals surface area (Å²) in [5.74, 6) is 0.246. The Bertz CT molecular complexity index is 856. The molecule has 136 valence electrons. The summed E-state index contributed by atoms with van der Waals surface area (Å²) in [5.41, 5.74) is 1.09. The number of amides is 2. The fourth-order valence-corrected chi connectivity index (χ4v) is 3.49. The Balaban J connectivity index is 1.82. The topological polar surface area (TPSA) is 49.9 Å². The summed E-state index contributed by atoms with van der Waals surface area (Å²) < 4.78 is 5.22. The van der Waals surface area contributed by atoms with Crippen molar-refractivity contribution >= 4 is 40.7 Å². The minimum absolute atomic E-state index is 0.150. The molecule has 0 spiro atoms. The molecule has 0 saturated carbocycles. The van der Waals surface area contributed by atoms with E-state index in [-0.39, 0.29) is 16.8 Å². The van der Waals surface area contributed by atoms with E-state index in [0.29, 0.717) is 29.4 Å². The van der Waals surface area contributed by atoms with Crippen molar-refractivity contribution in [3.8, 4) is 5.75 Å². The second-order valence-corrected chi connectivity index (χ2v) is 6.83. The lowest BCUT2D eigenvalue weighted by Gasteiger charge is -2.39. The van der Waals surface area contributed by atoms with Crippen molar-refractivity contribution in [3.63, 3.8) is 0 Å². The summed E-state index contributed by atoms with van der Waals surface area (Å²) in [7, 11) is 1.58. The Hall–Kier alpha value is -2.24. The highest BCUT2D eigenvalue weighted by molar-refractivity contribution is 6.36. The average Bonchev–Trinajstić information content (AvgIpc) is 2.63. The Morgan fingerprint density at radius 2 is 1.92 bits per heavy atom. The zero-order valence-electron chi connectivity index (χ0n) is 14.4. The van der Waals surface area contributed by atoms with E-state index in [9.17, 15) is 9.59 Å². The first-order valence-corrected chi connectivity index (χ1v) is 8.89. The standard InChI is InChI=1S/C19H18Cl2N2O3/c1-12-18(24)23(14-4-3-5-15(11-14)26-2)9-8-22(12)19(25)16-7-6-13(20)10-17(16)21/h3-7,10-12H,8-9H2,1-2H3/t12-/m0/s1. The summed E-state index contributed by atoms with van der Waals surface area (Å²) in [5, 5.41) is 0.732. The molecule has 2 amide bonds. The van der Waals surface area contributed by atoms with Crippen molar-refractivity contribution < 1.29 is 14.3 Å². The molecule has 3 rings (SSSR count). The number of halogens is 2. The number of anilines is 1. The van der Waals surface area contributed by atoms with Gasteiger partial charge in [0, 0.05) is 29.9 Å². The molecule has 1 aliphatic heterocycles. The van der Waals surface area contributed by atoms with Crippen LogP contribution in [0.15, 0.2) is 42.5 Å². The van der Waals surface area contributed by atoms with Crippen LogP contribution in [0.1, 0.15) is 17.3 Å². The number of methoxy groups -OCH3 is 1. The van der Waals surface area contributed by atoms with Gasteiger partial charge in [0.25, 0.3) is 5.91 Å². The lowest BCUT2D eigenvalue weighted by Crippen LogP contribution is -2.57. The molecule has 1 aliphatic rings. The van der Waals surface area contributed by atoms with Crippen LogP contribution in [0.2, 0.25) is 10.0 Å². The molecule has 26 heavy (non-hydrogen) atoms. The van der Waals surface area contributed by atoms with Crippen molar-refractivity contribution in [2.75, 3.05) is 25.1 Å². The Kier molecular flexibility index (Phi) is 5.39. The van der Waals surface area contributed by atoms with Gasteiger partial charge in [-0.2, -0.15) is 0 Å². The zero-order valence-corrected chi connectivity index (χ0v) is 15.9. The summed E-state index contributed by atoms with van der Waals surface area (Å²) >= 11 is 12.0. The van der Waals surface area contributed by atoms with Crippen molar-refractivity contribution in [1.29, 1.82) is 0 Å². The fraction of sp³-hybridized carbons (Fsp3) is 0.263. The van der Waals surface area contributed by atoms with E-state index in [1.165, 1.54) is 11.0 Å². The maximum atomic E-state index is 12.8. The van der Waals surface area contributed by atoms with Gasteiger partial charge in [-0.1, -0.05) is 29.3 Å². The molecule has 7 heteroatoms. The molecule has 1 saturated heterocycles. The minimum Gasteiger partial charge on any atom is -0.497 e. The summed E-state index contributed by atoms with van der Waals surface area (Å²) in [6.07, 6.45) is 0. The SMILES string of the molecule is COc1cccc(N2CCN(C(=O)c3ccc(Cl)cc3Cl)[C@@H](C)C2=O)c1. The van der Waals surface area contributed by atoms with Gasteiger partial charge >= 0.3 is 0 Å². The van der Waals surface area contributed by atoms with Crippen molar-refractivity contribution in [1.82, 2.24) is 4.90 Å². The molecule has 0 aliphatic carbocycles. The third kappa shape index (κ3) is 3.50. The molecule has 1 heterocycles. The monoisotopic (exact) mass is 392 g/mol. The number of nitrogens with zero attached hydrogens (tertiary/aromatic N) is 2. The number of rotatable bonds is 3. The van der Waals surface area contributed by atoms with Crippen molar-refractivity contribution in [3.05, 3.63) is 58.1 Å². The van der Waals surface area contributed by atoms with Crippen LogP contribution in [0, 0.1) is 0 Å². The Labute approximate surface area is 162 Å². The lowest BCUT2D eigenvalue weighted by molar-refractivity contribution is -0.124. The van der Waals surface area contributed by atoms with Gasteiger partial charge in [0.15, 0.2) is 0 Å². The van der Waals surface area contributed by atoms with Crippen LogP contribution in [-0.4, -0.2) is 43.0 Å².